The van der Waals surface area contributed by atoms with Crippen LogP contribution in [0.4, 0.5) is 10.1 Å². The van der Waals surface area contributed by atoms with Gasteiger partial charge < -0.3 is 5.32 Å². The Morgan fingerprint density at radius 2 is 1.78 bits per heavy atom. The van der Waals surface area contributed by atoms with E-state index in [2.05, 4.69) is 37.2 Å². The molecule has 0 radical (unpaired) electrons. The Bertz CT molecular complexity index is 601. The van der Waals surface area contributed by atoms with Gasteiger partial charge in [-0.05, 0) is 62.2 Å². The molecule has 0 aliphatic heterocycles. The number of amides is 1. The van der Waals surface area contributed by atoms with Crippen LogP contribution in [0.3, 0.4) is 0 Å². The molecule has 0 atom stereocenters. The maximum atomic E-state index is 13.3. The quantitative estimate of drug-likeness (QED) is 0.819. The fourth-order valence-corrected chi connectivity index (χ4v) is 2.13. The number of carbonyl (C=O) groups excluding carboxylic acids is 1. The first-order chi connectivity index (χ1) is 8.58. The molecule has 0 fully saturated rings. The molecule has 0 aliphatic rings. The van der Waals surface area contributed by atoms with Crippen LogP contribution in [0.1, 0.15) is 10.4 Å². The Labute approximate surface area is 120 Å². The lowest BCUT2D eigenvalue weighted by Gasteiger charge is -2.07. The van der Waals surface area contributed by atoms with E-state index >= 15 is 0 Å². The molecular weight excluding hydrogens is 365 g/mol. The van der Waals surface area contributed by atoms with Gasteiger partial charge in [0.15, 0.2) is 0 Å². The molecule has 2 aromatic rings. The van der Waals surface area contributed by atoms with Crippen LogP contribution in [0.25, 0.3) is 0 Å². The average molecular weight is 373 g/mol. The number of carbonyl (C=O) groups is 1. The molecule has 2 rings (SSSR count). The Hall–Kier alpha value is -1.20. The van der Waals surface area contributed by atoms with Crippen LogP contribution in [-0.4, -0.2) is 5.91 Å². The molecule has 5 heteroatoms. The maximum Gasteiger partial charge on any atom is 0.256 e. The highest BCUT2D eigenvalue weighted by Gasteiger charge is 2.10. The molecule has 18 heavy (non-hydrogen) atoms. The minimum Gasteiger partial charge on any atom is -0.322 e. The lowest BCUT2D eigenvalue weighted by Crippen LogP contribution is -2.12. The third kappa shape index (κ3) is 2.97. The van der Waals surface area contributed by atoms with Crippen molar-refractivity contribution in [2.24, 2.45) is 0 Å². The number of hydrogen-bond acceptors (Lipinski definition) is 1. The molecule has 1 N–H and O–H groups in total. The average Bonchev–Trinajstić information content (AvgIpc) is 2.34. The molecule has 2 nitrogen and oxygen atoms in total. The van der Waals surface area contributed by atoms with E-state index < -0.39 is 5.82 Å². The molecule has 1 amide bonds. The normalized spacial score (nSPS) is 10.2. The van der Waals surface area contributed by atoms with Gasteiger partial charge in [-0.1, -0.05) is 12.1 Å². The lowest BCUT2D eigenvalue weighted by molar-refractivity contribution is 0.102. The molecule has 2 aromatic carbocycles. The molecule has 0 aromatic heterocycles. The summed E-state index contributed by atoms with van der Waals surface area (Å²) in [6.45, 7) is 0. The number of anilines is 1. The van der Waals surface area contributed by atoms with Gasteiger partial charge in [-0.25, -0.2) is 4.39 Å². The molecule has 0 spiro atoms. The van der Waals surface area contributed by atoms with E-state index in [0.717, 1.165) is 0 Å². The maximum absolute atomic E-state index is 13.3. The van der Waals surface area contributed by atoms with E-state index in [1.165, 1.54) is 6.07 Å². The number of halogens is 3. The summed E-state index contributed by atoms with van der Waals surface area (Å²) < 4.78 is 14.4. The highest BCUT2D eigenvalue weighted by atomic mass is 79.9. The van der Waals surface area contributed by atoms with Crippen LogP contribution in [0.5, 0.6) is 0 Å². The number of rotatable bonds is 2. The summed E-state index contributed by atoms with van der Waals surface area (Å²) in [5.74, 6) is -0.705. The fourth-order valence-electron chi connectivity index (χ4n) is 1.42. The van der Waals surface area contributed by atoms with Crippen molar-refractivity contribution in [3.63, 3.8) is 0 Å². The van der Waals surface area contributed by atoms with Gasteiger partial charge in [0.1, 0.15) is 5.82 Å². The van der Waals surface area contributed by atoms with Crippen molar-refractivity contribution in [2.45, 2.75) is 0 Å². The molecule has 0 bridgehead atoms. The minimum absolute atomic E-state index is 0.288. The summed E-state index contributed by atoms with van der Waals surface area (Å²) in [6.07, 6.45) is 0. The van der Waals surface area contributed by atoms with Gasteiger partial charge in [0, 0.05) is 10.2 Å². The number of nitrogens with one attached hydrogen (secondary N) is 1. The van der Waals surface area contributed by atoms with Crippen LogP contribution >= 0.6 is 31.9 Å². The van der Waals surface area contributed by atoms with Crippen LogP contribution in [0.15, 0.2) is 51.4 Å². The lowest BCUT2D eigenvalue weighted by atomic mass is 10.2. The van der Waals surface area contributed by atoms with Crippen LogP contribution < -0.4 is 5.32 Å². The molecule has 0 aliphatic carbocycles. The van der Waals surface area contributed by atoms with Crippen molar-refractivity contribution in [3.8, 4) is 0 Å². The van der Waals surface area contributed by atoms with Gasteiger partial charge in [-0.2, -0.15) is 0 Å². The van der Waals surface area contributed by atoms with Crippen molar-refractivity contribution in [1.82, 2.24) is 0 Å². The molecule has 92 valence electrons. The predicted molar refractivity (Wildman–Crippen MR) is 76.2 cm³/mol. The predicted octanol–water partition coefficient (Wildman–Crippen LogP) is 4.60. The molecule has 0 saturated heterocycles. The van der Waals surface area contributed by atoms with Gasteiger partial charge in [-0.15, -0.1) is 0 Å². The first-order valence-corrected chi connectivity index (χ1v) is 6.67. The molecule has 0 saturated carbocycles. The highest BCUT2D eigenvalue weighted by molar-refractivity contribution is 9.10. The van der Waals surface area contributed by atoms with Crippen molar-refractivity contribution < 1.29 is 9.18 Å². The SMILES string of the molecule is O=C(Nc1ccc(Br)c(F)c1)c1ccccc1Br. The van der Waals surface area contributed by atoms with Crippen molar-refractivity contribution in [2.75, 3.05) is 5.32 Å². The van der Waals surface area contributed by atoms with Crippen molar-refractivity contribution >= 4 is 43.5 Å². The first-order valence-electron chi connectivity index (χ1n) is 5.09. The minimum atomic E-state index is -0.417. The van der Waals surface area contributed by atoms with Crippen LogP contribution in [0.2, 0.25) is 0 Å². The third-order valence-corrected chi connectivity index (χ3v) is 3.63. The number of benzene rings is 2. The second kappa shape index (κ2) is 5.63. The Kier molecular flexibility index (Phi) is 4.14. The summed E-state index contributed by atoms with van der Waals surface area (Å²) in [6, 6.07) is 11.5. The summed E-state index contributed by atoms with van der Waals surface area (Å²) in [5.41, 5.74) is 0.914. The van der Waals surface area contributed by atoms with Gasteiger partial charge in [0.05, 0.1) is 10.0 Å². The summed E-state index contributed by atoms with van der Waals surface area (Å²) >= 11 is 6.35. The van der Waals surface area contributed by atoms with E-state index in [-0.39, 0.29) is 5.91 Å². The molecule has 0 heterocycles. The topological polar surface area (TPSA) is 29.1 Å². The second-order valence-corrected chi connectivity index (χ2v) is 5.27. The Morgan fingerprint density at radius 1 is 1.06 bits per heavy atom. The van der Waals surface area contributed by atoms with Gasteiger partial charge in [0.25, 0.3) is 5.91 Å². The molecule has 0 unspecified atom stereocenters. The monoisotopic (exact) mass is 371 g/mol. The summed E-state index contributed by atoms with van der Waals surface area (Å²) in [7, 11) is 0. The van der Waals surface area contributed by atoms with Crippen LogP contribution in [-0.2, 0) is 0 Å². The fraction of sp³-hybridized carbons (Fsp3) is 0. The summed E-state index contributed by atoms with van der Waals surface area (Å²) in [5, 5.41) is 2.64. The van der Waals surface area contributed by atoms with Crippen molar-refractivity contribution in [3.05, 3.63) is 62.8 Å². The van der Waals surface area contributed by atoms with E-state index in [9.17, 15) is 9.18 Å². The zero-order valence-corrected chi connectivity index (χ0v) is 12.3. The van der Waals surface area contributed by atoms with Gasteiger partial charge in [-0.3, -0.25) is 4.79 Å². The molecular formula is C13H8Br2FNO. The Balaban J connectivity index is 2.22. The zero-order valence-electron chi connectivity index (χ0n) is 9.08. The van der Waals surface area contributed by atoms with E-state index in [1.54, 1.807) is 30.3 Å². The Morgan fingerprint density at radius 3 is 2.44 bits per heavy atom. The van der Waals surface area contributed by atoms with Gasteiger partial charge >= 0.3 is 0 Å². The summed E-state index contributed by atoms with van der Waals surface area (Å²) in [4.78, 5) is 12.0. The largest absolute Gasteiger partial charge is 0.322 e. The zero-order chi connectivity index (χ0) is 13.1. The van der Waals surface area contributed by atoms with Gasteiger partial charge in [0.2, 0.25) is 0 Å². The van der Waals surface area contributed by atoms with E-state index in [4.69, 9.17) is 0 Å². The van der Waals surface area contributed by atoms with E-state index in [1.807, 2.05) is 6.07 Å². The standard InChI is InChI=1S/C13H8Br2FNO/c14-10-4-2-1-3-9(10)13(18)17-8-5-6-11(15)12(16)7-8/h1-7H,(H,17,18). The second-order valence-electron chi connectivity index (χ2n) is 3.56. The number of hydrogen-bond donors (Lipinski definition) is 1. The smallest absolute Gasteiger partial charge is 0.256 e. The van der Waals surface area contributed by atoms with Crippen molar-refractivity contribution in [1.29, 1.82) is 0 Å². The van der Waals surface area contributed by atoms with E-state index in [0.29, 0.717) is 20.2 Å². The highest BCUT2D eigenvalue weighted by Crippen LogP contribution is 2.21. The third-order valence-electron chi connectivity index (χ3n) is 2.30. The van der Waals surface area contributed by atoms with Crippen LogP contribution in [0, 0.1) is 5.82 Å². The first kappa shape index (κ1) is 13.2.